The third-order valence-corrected chi connectivity index (χ3v) is 4.29. The van der Waals surface area contributed by atoms with Crippen molar-refractivity contribution in [2.24, 2.45) is 0 Å². The molecule has 0 saturated heterocycles. The Morgan fingerprint density at radius 3 is 2.48 bits per heavy atom. The highest BCUT2D eigenvalue weighted by Gasteiger charge is 2.20. The third kappa shape index (κ3) is 2.43. The number of hydrogen-bond donors (Lipinski definition) is 1. The first kappa shape index (κ1) is 14.1. The van der Waals surface area contributed by atoms with Crippen LogP contribution in [0.25, 0.3) is 22.2 Å². The minimum atomic E-state index is 0.210. The summed E-state index contributed by atoms with van der Waals surface area (Å²) in [5.74, 6) is 0. The second kappa shape index (κ2) is 5.51. The number of nitrogens with zero attached hydrogens (tertiary/aromatic N) is 2. The number of halogens is 1. The average Bonchev–Trinajstić information content (AvgIpc) is 2.91. The van der Waals surface area contributed by atoms with Gasteiger partial charge in [0.2, 0.25) is 0 Å². The maximum absolute atomic E-state index is 6.49. The third-order valence-electron chi connectivity index (χ3n) is 3.96. The number of nitrogens with one attached hydrogen (secondary N) is 1. The molecule has 1 N–H and O–H groups in total. The molecule has 108 valence electrons. The van der Waals surface area contributed by atoms with E-state index in [0.29, 0.717) is 0 Å². The summed E-state index contributed by atoms with van der Waals surface area (Å²) in [7, 11) is 4.12. The van der Waals surface area contributed by atoms with Crippen LogP contribution in [-0.2, 0) is 0 Å². The van der Waals surface area contributed by atoms with E-state index in [-0.39, 0.29) is 6.04 Å². The first-order valence-electron chi connectivity index (χ1n) is 6.98. The molecule has 21 heavy (non-hydrogen) atoms. The molecule has 0 radical (unpaired) electrons. The van der Waals surface area contributed by atoms with Gasteiger partial charge in [-0.15, -0.1) is 0 Å². The smallest absolute Gasteiger partial charge is 0.100 e. The Labute approximate surface area is 129 Å². The highest BCUT2D eigenvalue weighted by Crippen LogP contribution is 2.37. The summed E-state index contributed by atoms with van der Waals surface area (Å²) in [6.07, 6.45) is 0. The molecule has 1 atom stereocenters. The zero-order chi connectivity index (χ0) is 15.0. The summed E-state index contributed by atoms with van der Waals surface area (Å²) < 4.78 is 0. The van der Waals surface area contributed by atoms with Crippen LogP contribution in [0, 0.1) is 0 Å². The van der Waals surface area contributed by atoms with Crippen LogP contribution < -0.4 is 0 Å². The lowest BCUT2D eigenvalue weighted by atomic mass is 9.98. The van der Waals surface area contributed by atoms with Gasteiger partial charge in [0, 0.05) is 22.0 Å². The summed E-state index contributed by atoms with van der Waals surface area (Å²) in [4.78, 5) is 2.16. The number of fused-ring (bicyclic) bond motifs is 1. The van der Waals surface area contributed by atoms with Crippen LogP contribution in [0.3, 0.4) is 0 Å². The van der Waals surface area contributed by atoms with Gasteiger partial charge in [-0.1, -0.05) is 41.9 Å². The number of benzene rings is 2. The molecular formula is C17H18ClN3. The number of rotatable bonds is 3. The standard InChI is InChI=1S/C17H18ClN3/c1-11(21(2)3)15-13(18)9-10-14-16(15)17(20-19-14)12-7-5-4-6-8-12/h4-11H,1-3H3,(H,19,20). The molecule has 1 aromatic heterocycles. The van der Waals surface area contributed by atoms with Crippen LogP contribution in [0.1, 0.15) is 18.5 Å². The summed E-state index contributed by atoms with van der Waals surface area (Å²) in [5, 5.41) is 9.51. The Morgan fingerprint density at radius 1 is 1.10 bits per heavy atom. The molecule has 0 aliphatic carbocycles. The van der Waals surface area contributed by atoms with E-state index in [1.54, 1.807) is 0 Å². The predicted molar refractivity (Wildman–Crippen MR) is 88.6 cm³/mol. The van der Waals surface area contributed by atoms with E-state index in [0.717, 1.165) is 32.7 Å². The normalized spacial score (nSPS) is 13.0. The Balaban J connectivity index is 2.31. The molecule has 3 rings (SSSR count). The molecule has 0 fully saturated rings. The van der Waals surface area contributed by atoms with Crippen molar-refractivity contribution >= 4 is 22.5 Å². The molecule has 1 heterocycles. The van der Waals surface area contributed by atoms with E-state index in [9.17, 15) is 0 Å². The lowest BCUT2D eigenvalue weighted by Gasteiger charge is -2.22. The Kier molecular flexibility index (Phi) is 3.70. The van der Waals surface area contributed by atoms with Crippen molar-refractivity contribution in [3.63, 3.8) is 0 Å². The summed E-state index contributed by atoms with van der Waals surface area (Å²) >= 11 is 6.49. The van der Waals surface area contributed by atoms with Gasteiger partial charge in [0.05, 0.1) is 5.52 Å². The molecule has 0 aliphatic heterocycles. The van der Waals surface area contributed by atoms with Gasteiger partial charge in [-0.05, 0) is 38.7 Å². The maximum atomic E-state index is 6.49. The molecule has 0 aliphatic rings. The minimum absolute atomic E-state index is 0.210. The monoisotopic (exact) mass is 299 g/mol. The van der Waals surface area contributed by atoms with Crippen LogP contribution in [0.5, 0.6) is 0 Å². The molecule has 4 heteroatoms. The molecule has 0 amide bonds. The summed E-state index contributed by atoms with van der Waals surface area (Å²) in [6.45, 7) is 2.16. The summed E-state index contributed by atoms with van der Waals surface area (Å²) in [6, 6.07) is 14.3. The average molecular weight is 300 g/mol. The van der Waals surface area contributed by atoms with Gasteiger partial charge in [0.25, 0.3) is 0 Å². The fourth-order valence-electron chi connectivity index (χ4n) is 2.59. The van der Waals surface area contributed by atoms with Crippen LogP contribution in [0.4, 0.5) is 0 Å². The fourth-order valence-corrected chi connectivity index (χ4v) is 2.90. The largest absolute Gasteiger partial charge is 0.303 e. The lowest BCUT2D eigenvalue weighted by molar-refractivity contribution is 0.323. The van der Waals surface area contributed by atoms with E-state index in [2.05, 4.69) is 48.2 Å². The van der Waals surface area contributed by atoms with E-state index in [4.69, 9.17) is 11.6 Å². The number of aromatic nitrogens is 2. The van der Waals surface area contributed by atoms with Crippen LogP contribution >= 0.6 is 11.6 Å². The van der Waals surface area contributed by atoms with Crippen molar-refractivity contribution in [1.29, 1.82) is 0 Å². The van der Waals surface area contributed by atoms with E-state index in [1.807, 2.05) is 30.3 Å². The number of hydrogen-bond acceptors (Lipinski definition) is 2. The molecule has 2 aromatic carbocycles. The van der Waals surface area contributed by atoms with E-state index in [1.165, 1.54) is 0 Å². The van der Waals surface area contributed by atoms with Gasteiger partial charge < -0.3 is 4.90 Å². The molecular weight excluding hydrogens is 282 g/mol. The van der Waals surface area contributed by atoms with Gasteiger partial charge in [0.15, 0.2) is 0 Å². The van der Waals surface area contributed by atoms with Crippen molar-refractivity contribution in [1.82, 2.24) is 15.1 Å². The summed E-state index contributed by atoms with van der Waals surface area (Å²) in [5.41, 5.74) is 4.18. The van der Waals surface area contributed by atoms with Gasteiger partial charge in [-0.25, -0.2) is 0 Å². The first-order valence-corrected chi connectivity index (χ1v) is 7.35. The minimum Gasteiger partial charge on any atom is -0.303 e. The maximum Gasteiger partial charge on any atom is 0.100 e. The first-order chi connectivity index (χ1) is 10.1. The molecule has 1 unspecified atom stereocenters. The second-order valence-electron chi connectivity index (χ2n) is 5.46. The zero-order valence-electron chi connectivity index (χ0n) is 12.4. The van der Waals surface area contributed by atoms with Gasteiger partial charge >= 0.3 is 0 Å². The number of H-pyrrole nitrogens is 1. The SMILES string of the molecule is CC(c1c(Cl)ccc2[nH]nc(-c3ccccc3)c12)N(C)C. The zero-order valence-corrected chi connectivity index (χ0v) is 13.1. The Hall–Kier alpha value is -1.84. The molecule has 0 spiro atoms. The van der Waals surface area contributed by atoms with Gasteiger partial charge in [-0.2, -0.15) is 5.10 Å². The van der Waals surface area contributed by atoms with E-state index >= 15 is 0 Å². The van der Waals surface area contributed by atoms with Crippen LogP contribution in [0.2, 0.25) is 5.02 Å². The van der Waals surface area contributed by atoms with Crippen LogP contribution in [0.15, 0.2) is 42.5 Å². The van der Waals surface area contributed by atoms with Crippen molar-refractivity contribution in [2.45, 2.75) is 13.0 Å². The predicted octanol–water partition coefficient (Wildman–Crippen LogP) is 4.51. The molecule has 0 bridgehead atoms. The lowest BCUT2D eigenvalue weighted by Crippen LogP contribution is -2.17. The fraction of sp³-hybridized carbons (Fsp3) is 0.235. The van der Waals surface area contributed by atoms with Crippen molar-refractivity contribution in [2.75, 3.05) is 14.1 Å². The molecule has 3 aromatic rings. The van der Waals surface area contributed by atoms with Crippen molar-refractivity contribution < 1.29 is 0 Å². The van der Waals surface area contributed by atoms with Crippen molar-refractivity contribution in [3.8, 4) is 11.3 Å². The van der Waals surface area contributed by atoms with Gasteiger partial charge in [0.1, 0.15) is 5.69 Å². The van der Waals surface area contributed by atoms with Crippen LogP contribution in [-0.4, -0.2) is 29.2 Å². The topological polar surface area (TPSA) is 31.9 Å². The van der Waals surface area contributed by atoms with Gasteiger partial charge in [-0.3, -0.25) is 5.10 Å². The highest BCUT2D eigenvalue weighted by atomic mass is 35.5. The number of aromatic amines is 1. The Morgan fingerprint density at radius 2 is 1.81 bits per heavy atom. The second-order valence-corrected chi connectivity index (χ2v) is 5.87. The molecule has 0 saturated carbocycles. The highest BCUT2D eigenvalue weighted by molar-refractivity contribution is 6.32. The van der Waals surface area contributed by atoms with Crippen molar-refractivity contribution in [3.05, 3.63) is 53.1 Å². The van der Waals surface area contributed by atoms with E-state index < -0.39 is 0 Å². The molecule has 3 nitrogen and oxygen atoms in total. The Bertz CT molecular complexity index is 762. The quantitative estimate of drug-likeness (QED) is 0.772.